The summed E-state index contributed by atoms with van der Waals surface area (Å²) in [6.45, 7) is -4.48. The van der Waals surface area contributed by atoms with E-state index in [-0.39, 0.29) is 11.1 Å². The van der Waals surface area contributed by atoms with Crippen molar-refractivity contribution in [2.75, 3.05) is 26.4 Å². The topological polar surface area (TPSA) is 167 Å². The Morgan fingerprint density at radius 3 is 1.10 bits per heavy atom. The van der Waals surface area contributed by atoms with Gasteiger partial charge in [-0.05, 0) is 11.1 Å². The van der Waals surface area contributed by atoms with Crippen LogP contribution in [0.4, 0.5) is 0 Å². The van der Waals surface area contributed by atoms with Crippen LogP contribution in [0.5, 0.6) is 0 Å². The third kappa shape index (κ3) is 3.90. The summed E-state index contributed by atoms with van der Waals surface area (Å²) in [6.07, 6.45) is 0. The zero-order valence-electron chi connectivity index (χ0n) is 16.1. The highest BCUT2D eigenvalue weighted by atomic mass is 16.6. The van der Waals surface area contributed by atoms with Gasteiger partial charge < -0.3 is 20.4 Å². The highest BCUT2D eigenvalue weighted by Gasteiger charge is 2.63. The summed E-state index contributed by atoms with van der Waals surface area (Å²) in [7, 11) is 0. The third-order valence-corrected chi connectivity index (χ3v) is 5.63. The average molecular weight is 420 g/mol. The van der Waals surface area contributed by atoms with E-state index in [9.17, 15) is 40.7 Å². The van der Waals surface area contributed by atoms with Gasteiger partial charge in [0.15, 0.2) is 0 Å². The van der Waals surface area contributed by atoms with Crippen molar-refractivity contribution in [3.8, 4) is 0 Å². The molecular weight excluding hydrogens is 396 g/mol. The molecule has 0 fully saturated rings. The standard InChI is InChI=1S/C20H24N2O8/c23-11-19(12-24,21(27)28)17(15-7-3-1-4-8-15)18(16-9-5-2-6-10-16)20(13-25,14-26)22(29)30/h1-10,17-18,23-26H,11-14H2. The van der Waals surface area contributed by atoms with E-state index < -0.39 is 59.2 Å². The SMILES string of the molecule is O=[N+]([O-])C(CO)(CO)C(c1ccccc1)C(c1ccccc1)C(CO)(CO)[N+](=O)[O-]. The Kier molecular flexibility index (Phi) is 7.57. The number of nitro groups is 2. The summed E-state index contributed by atoms with van der Waals surface area (Å²) >= 11 is 0. The molecule has 0 aliphatic heterocycles. The Hall–Kier alpha value is -2.92. The number of rotatable bonds is 11. The Bertz CT molecular complexity index is 767. The van der Waals surface area contributed by atoms with E-state index in [4.69, 9.17) is 0 Å². The molecule has 162 valence electrons. The molecule has 0 spiro atoms. The molecular formula is C20H24N2O8. The van der Waals surface area contributed by atoms with Crippen LogP contribution in [0.3, 0.4) is 0 Å². The van der Waals surface area contributed by atoms with Crippen LogP contribution >= 0.6 is 0 Å². The van der Waals surface area contributed by atoms with Gasteiger partial charge in [-0.3, -0.25) is 20.2 Å². The molecule has 0 amide bonds. The molecule has 4 N–H and O–H groups in total. The molecule has 0 saturated heterocycles. The maximum atomic E-state index is 12.1. The van der Waals surface area contributed by atoms with Gasteiger partial charge in [-0.2, -0.15) is 0 Å². The predicted octanol–water partition coefficient (Wildman–Crippen LogP) is 0.554. The van der Waals surface area contributed by atoms with Crippen molar-refractivity contribution < 1.29 is 30.3 Å². The van der Waals surface area contributed by atoms with Crippen LogP contribution in [0.15, 0.2) is 60.7 Å². The molecule has 30 heavy (non-hydrogen) atoms. The number of aliphatic hydroxyl groups is 4. The molecule has 0 aromatic heterocycles. The summed E-state index contributed by atoms with van der Waals surface area (Å²) in [5, 5.41) is 64.3. The van der Waals surface area contributed by atoms with Crippen molar-refractivity contribution in [2.45, 2.75) is 22.9 Å². The molecule has 10 heteroatoms. The van der Waals surface area contributed by atoms with Crippen molar-refractivity contribution in [1.29, 1.82) is 0 Å². The first-order chi connectivity index (χ1) is 14.3. The van der Waals surface area contributed by atoms with Crippen LogP contribution in [0.25, 0.3) is 0 Å². The molecule has 2 aromatic rings. The fourth-order valence-corrected chi connectivity index (χ4v) is 3.90. The average Bonchev–Trinajstić information content (AvgIpc) is 2.77. The molecule has 0 bridgehead atoms. The Labute approximate surface area is 172 Å². The van der Waals surface area contributed by atoms with E-state index in [0.717, 1.165) is 0 Å². The quantitative estimate of drug-likeness (QED) is 0.302. The number of benzene rings is 2. The number of hydrogen-bond donors (Lipinski definition) is 4. The summed E-state index contributed by atoms with van der Waals surface area (Å²) < 4.78 is 0. The lowest BCUT2D eigenvalue weighted by molar-refractivity contribution is -0.602. The van der Waals surface area contributed by atoms with E-state index in [1.165, 1.54) is 24.3 Å². The van der Waals surface area contributed by atoms with Gasteiger partial charge in [0.2, 0.25) is 0 Å². The van der Waals surface area contributed by atoms with Crippen molar-refractivity contribution in [1.82, 2.24) is 0 Å². The summed E-state index contributed by atoms with van der Waals surface area (Å²) in [5.74, 6) is -2.92. The van der Waals surface area contributed by atoms with Gasteiger partial charge in [0.1, 0.15) is 26.4 Å². The fourth-order valence-electron chi connectivity index (χ4n) is 3.90. The van der Waals surface area contributed by atoms with Crippen LogP contribution in [-0.2, 0) is 0 Å². The number of hydrogen-bond acceptors (Lipinski definition) is 8. The minimum atomic E-state index is -2.42. The molecule has 0 radical (unpaired) electrons. The molecule has 0 aliphatic carbocycles. The lowest BCUT2D eigenvalue weighted by Crippen LogP contribution is -2.60. The largest absolute Gasteiger partial charge is 0.389 e. The van der Waals surface area contributed by atoms with E-state index in [1.54, 1.807) is 36.4 Å². The van der Waals surface area contributed by atoms with E-state index in [1.807, 2.05) is 0 Å². The van der Waals surface area contributed by atoms with Crippen molar-refractivity contribution in [3.05, 3.63) is 92.0 Å². The zero-order chi connectivity index (χ0) is 22.4. The van der Waals surface area contributed by atoms with Crippen LogP contribution in [0.2, 0.25) is 0 Å². The number of nitrogens with zero attached hydrogens (tertiary/aromatic N) is 2. The lowest BCUT2D eigenvalue weighted by atomic mass is 9.63. The maximum Gasteiger partial charge on any atom is 0.274 e. The van der Waals surface area contributed by atoms with Crippen molar-refractivity contribution in [2.24, 2.45) is 0 Å². The molecule has 2 atom stereocenters. The Morgan fingerprint density at radius 2 is 0.900 bits per heavy atom. The molecule has 0 heterocycles. The zero-order valence-corrected chi connectivity index (χ0v) is 16.1. The van der Waals surface area contributed by atoms with Crippen LogP contribution in [0, 0.1) is 20.2 Å². The summed E-state index contributed by atoms with van der Waals surface area (Å²) in [4.78, 5) is 22.5. The van der Waals surface area contributed by atoms with Gasteiger partial charge in [-0.15, -0.1) is 0 Å². The molecule has 0 aliphatic rings. The molecule has 2 aromatic carbocycles. The normalized spacial score (nSPS) is 14.1. The minimum absolute atomic E-state index is 0.235. The second-order valence-electron chi connectivity index (χ2n) is 7.13. The maximum absolute atomic E-state index is 12.1. The number of aliphatic hydroxyl groups excluding tert-OH is 4. The van der Waals surface area contributed by atoms with E-state index in [2.05, 4.69) is 0 Å². The highest BCUT2D eigenvalue weighted by molar-refractivity contribution is 5.35. The first-order valence-corrected chi connectivity index (χ1v) is 9.17. The van der Waals surface area contributed by atoms with Gasteiger partial charge in [-0.1, -0.05) is 60.7 Å². The smallest absolute Gasteiger partial charge is 0.274 e. The first kappa shape index (κ1) is 23.4. The van der Waals surface area contributed by atoms with Crippen LogP contribution in [-0.4, -0.2) is 67.8 Å². The third-order valence-electron chi connectivity index (χ3n) is 5.63. The van der Waals surface area contributed by atoms with E-state index in [0.29, 0.717) is 0 Å². The molecule has 0 saturated carbocycles. The summed E-state index contributed by atoms with van der Waals surface area (Å²) in [5.41, 5.74) is -4.38. The lowest BCUT2D eigenvalue weighted by Gasteiger charge is -2.41. The van der Waals surface area contributed by atoms with Gasteiger partial charge in [-0.25, -0.2) is 0 Å². The monoisotopic (exact) mass is 420 g/mol. The molecule has 2 unspecified atom stereocenters. The predicted molar refractivity (Wildman–Crippen MR) is 106 cm³/mol. The van der Waals surface area contributed by atoms with Crippen molar-refractivity contribution in [3.63, 3.8) is 0 Å². The fraction of sp³-hybridized carbons (Fsp3) is 0.400. The van der Waals surface area contributed by atoms with E-state index >= 15 is 0 Å². The van der Waals surface area contributed by atoms with Gasteiger partial charge >= 0.3 is 0 Å². The van der Waals surface area contributed by atoms with Crippen molar-refractivity contribution >= 4 is 0 Å². The summed E-state index contributed by atoms with van der Waals surface area (Å²) in [6, 6.07) is 15.5. The van der Waals surface area contributed by atoms with Gasteiger partial charge in [0.05, 0.1) is 11.8 Å². The highest BCUT2D eigenvalue weighted by Crippen LogP contribution is 2.48. The first-order valence-electron chi connectivity index (χ1n) is 9.17. The Balaban J connectivity index is 2.96. The van der Waals surface area contributed by atoms with Gasteiger partial charge in [0.25, 0.3) is 11.1 Å². The second kappa shape index (κ2) is 9.72. The molecule has 10 nitrogen and oxygen atoms in total. The van der Waals surface area contributed by atoms with Crippen LogP contribution in [0.1, 0.15) is 23.0 Å². The van der Waals surface area contributed by atoms with Gasteiger partial charge in [0, 0.05) is 9.85 Å². The molecule has 2 rings (SSSR count). The minimum Gasteiger partial charge on any atom is -0.389 e. The Morgan fingerprint density at radius 1 is 0.633 bits per heavy atom. The van der Waals surface area contributed by atoms with Crippen LogP contribution < -0.4 is 0 Å². The second-order valence-corrected chi connectivity index (χ2v) is 7.13.